The summed E-state index contributed by atoms with van der Waals surface area (Å²) in [7, 11) is -3.29. The van der Waals surface area contributed by atoms with Crippen molar-refractivity contribution in [3.63, 3.8) is 0 Å². The molecule has 4 rings (SSSR count). The molecule has 1 aromatic carbocycles. The third kappa shape index (κ3) is 3.67. The van der Waals surface area contributed by atoms with Crippen LogP contribution in [0.4, 0.5) is 4.39 Å². The highest BCUT2D eigenvalue weighted by Gasteiger charge is 2.46. The van der Waals surface area contributed by atoms with Crippen molar-refractivity contribution in [3.8, 4) is 0 Å². The van der Waals surface area contributed by atoms with E-state index in [1.807, 2.05) is 12.1 Å². The van der Waals surface area contributed by atoms with Crippen LogP contribution in [0, 0.1) is 11.2 Å². The zero-order valence-corrected chi connectivity index (χ0v) is 16.1. The number of rotatable bonds is 4. The first-order valence-electron chi connectivity index (χ1n) is 9.69. The minimum Gasteiger partial charge on any atom is -0.298 e. The highest BCUT2D eigenvalue weighted by Crippen LogP contribution is 2.41. The molecule has 26 heavy (non-hydrogen) atoms. The molecule has 1 atom stereocenters. The summed E-state index contributed by atoms with van der Waals surface area (Å²) in [6, 6.07) is 6.70. The molecule has 7 heteroatoms. The van der Waals surface area contributed by atoms with E-state index in [-0.39, 0.29) is 11.2 Å². The fraction of sp³-hybridized carbons (Fsp3) is 0.684. The minimum absolute atomic E-state index is 0.0745. The molecule has 1 spiro atoms. The second-order valence-corrected chi connectivity index (χ2v) is 10.1. The van der Waals surface area contributed by atoms with Gasteiger partial charge >= 0.3 is 0 Å². The lowest BCUT2D eigenvalue weighted by molar-refractivity contribution is 0.0931. The average Bonchev–Trinajstić information content (AvgIpc) is 3.28. The summed E-state index contributed by atoms with van der Waals surface area (Å²) < 4.78 is 42.2. The lowest BCUT2D eigenvalue weighted by Gasteiger charge is -2.40. The maximum Gasteiger partial charge on any atom is 0.281 e. The van der Waals surface area contributed by atoms with Gasteiger partial charge in [-0.25, -0.2) is 4.39 Å². The number of hydrogen-bond acceptors (Lipinski definition) is 3. The van der Waals surface area contributed by atoms with Gasteiger partial charge in [0.2, 0.25) is 0 Å². The van der Waals surface area contributed by atoms with Crippen molar-refractivity contribution in [1.29, 1.82) is 0 Å². The van der Waals surface area contributed by atoms with E-state index in [1.54, 1.807) is 8.61 Å². The molecule has 0 aromatic heterocycles. The van der Waals surface area contributed by atoms with Crippen molar-refractivity contribution in [2.75, 3.05) is 39.3 Å². The van der Waals surface area contributed by atoms with Crippen LogP contribution in [-0.4, -0.2) is 61.2 Å². The van der Waals surface area contributed by atoms with Gasteiger partial charge in [-0.05, 0) is 61.8 Å². The van der Waals surface area contributed by atoms with E-state index >= 15 is 0 Å². The molecule has 0 aliphatic carbocycles. The van der Waals surface area contributed by atoms with Gasteiger partial charge in [-0.1, -0.05) is 12.1 Å². The first-order valence-corrected chi connectivity index (χ1v) is 11.1. The average molecular weight is 382 g/mol. The predicted octanol–water partition coefficient (Wildman–Crippen LogP) is 2.45. The van der Waals surface area contributed by atoms with Crippen LogP contribution in [0.25, 0.3) is 0 Å². The fourth-order valence-corrected chi connectivity index (χ4v) is 6.60. The molecule has 3 saturated heterocycles. The molecular weight excluding hydrogens is 353 g/mol. The van der Waals surface area contributed by atoms with E-state index in [1.165, 1.54) is 12.1 Å². The van der Waals surface area contributed by atoms with Gasteiger partial charge in [-0.3, -0.25) is 4.90 Å². The summed E-state index contributed by atoms with van der Waals surface area (Å²) in [5.41, 5.74) is 1.19. The number of piperidine rings is 1. The molecule has 1 aromatic rings. The van der Waals surface area contributed by atoms with Gasteiger partial charge in [-0.15, -0.1) is 0 Å². The van der Waals surface area contributed by atoms with Crippen molar-refractivity contribution in [1.82, 2.24) is 13.5 Å². The smallest absolute Gasteiger partial charge is 0.281 e. The molecule has 0 saturated carbocycles. The summed E-state index contributed by atoms with van der Waals surface area (Å²) in [6.45, 7) is 5.38. The van der Waals surface area contributed by atoms with Crippen LogP contribution in [0.15, 0.2) is 24.3 Å². The Morgan fingerprint density at radius 1 is 0.885 bits per heavy atom. The quantitative estimate of drug-likeness (QED) is 0.805. The highest BCUT2D eigenvalue weighted by molar-refractivity contribution is 7.86. The fourth-order valence-electron chi connectivity index (χ4n) is 4.80. The van der Waals surface area contributed by atoms with E-state index in [4.69, 9.17) is 0 Å². The standard InChI is InChI=1S/C19H28FN3O2S/c20-18-6-4-17(5-7-18)14-21-10-3-8-19(15-21)9-13-23(16-19)26(24,25)22-11-1-2-12-22/h4-7H,1-3,8-16H2. The minimum atomic E-state index is -3.29. The van der Waals surface area contributed by atoms with Crippen LogP contribution in [0.2, 0.25) is 0 Å². The molecule has 144 valence electrons. The van der Waals surface area contributed by atoms with Crippen LogP contribution < -0.4 is 0 Å². The number of benzene rings is 1. The third-order valence-corrected chi connectivity index (χ3v) is 8.16. The maximum absolute atomic E-state index is 13.1. The monoisotopic (exact) mass is 381 g/mol. The third-order valence-electron chi connectivity index (χ3n) is 6.18. The van der Waals surface area contributed by atoms with Crippen molar-refractivity contribution >= 4 is 10.2 Å². The normalized spacial score (nSPS) is 29.0. The van der Waals surface area contributed by atoms with Crippen LogP contribution in [0.5, 0.6) is 0 Å². The second kappa shape index (κ2) is 7.19. The Kier molecular flexibility index (Phi) is 5.07. The summed E-state index contributed by atoms with van der Waals surface area (Å²) in [6.07, 6.45) is 5.09. The molecule has 0 N–H and O–H groups in total. The van der Waals surface area contributed by atoms with Gasteiger partial charge in [0.05, 0.1) is 0 Å². The molecule has 0 radical (unpaired) electrons. The van der Waals surface area contributed by atoms with Gasteiger partial charge < -0.3 is 0 Å². The predicted molar refractivity (Wildman–Crippen MR) is 99.3 cm³/mol. The first kappa shape index (κ1) is 18.3. The van der Waals surface area contributed by atoms with Crippen LogP contribution in [0.3, 0.4) is 0 Å². The van der Waals surface area contributed by atoms with Crippen molar-refractivity contribution < 1.29 is 12.8 Å². The van der Waals surface area contributed by atoms with E-state index in [9.17, 15) is 12.8 Å². The van der Waals surface area contributed by atoms with E-state index < -0.39 is 10.2 Å². The van der Waals surface area contributed by atoms with E-state index in [0.29, 0.717) is 26.2 Å². The Labute approximate surface area is 155 Å². The SMILES string of the molecule is O=S(=O)(N1CCCC1)N1CCC2(CCCN(Cc3ccc(F)cc3)C2)C1. The zero-order valence-electron chi connectivity index (χ0n) is 15.2. The maximum atomic E-state index is 13.1. The van der Waals surface area contributed by atoms with Gasteiger partial charge in [0.15, 0.2) is 0 Å². The van der Waals surface area contributed by atoms with Crippen LogP contribution in [0.1, 0.15) is 37.7 Å². The summed E-state index contributed by atoms with van der Waals surface area (Å²) in [5.74, 6) is -0.206. The van der Waals surface area contributed by atoms with Crippen molar-refractivity contribution in [3.05, 3.63) is 35.6 Å². The van der Waals surface area contributed by atoms with E-state index in [2.05, 4.69) is 4.90 Å². The Hall–Kier alpha value is -1.02. The van der Waals surface area contributed by atoms with Crippen LogP contribution >= 0.6 is 0 Å². The topological polar surface area (TPSA) is 43.9 Å². The van der Waals surface area contributed by atoms with Crippen molar-refractivity contribution in [2.24, 2.45) is 5.41 Å². The lowest BCUT2D eigenvalue weighted by atomic mass is 9.79. The molecule has 3 aliphatic heterocycles. The Morgan fingerprint density at radius 3 is 2.35 bits per heavy atom. The van der Waals surface area contributed by atoms with Crippen LogP contribution in [-0.2, 0) is 16.8 Å². The van der Waals surface area contributed by atoms with E-state index in [0.717, 1.165) is 57.3 Å². The zero-order chi connectivity index (χ0) is 18.2. The lowest BCUT2D eigenvalue weighted by Crippen LogP contribution is -2.47. The van der Waals surface area contributed by atoms with Gasteiger partial charge in [0.25, 0.3) is 10.2 Å². The molecular formula is C19H28FN3O2S. The summed E-state index contributed by atoms with van der Waals surface area (Å²) >= 11 is 0. The molecule has 0 amide bonds. The number of halogens is 1. The molecule has 3 heterocycles. The summed E-state index contributed by atoms with van der Waals surface area (Å²) in [4.78, 5) is 2.41. The molecule has 1 unspecified atom stereocenters. The summed E-state index contributed by atoms with van der Waals surface area (Å²) in [5, 5.41) is 0. The molecule has 5 nitrogen and oxygen atoms in total. The number of nitrogens with zero attached hydrogens (tertiary/aromatic N) is 3. The molecule has 3 fully saturated rings. The van der Waals surface area contributed by atoms with Gasteiger partial charge in [-0.2, -0.15) is 17.0 Å². The van der Waals surface area contributed by atoms with Gasteiger partial charge in [0, 0.05) is 39.3 Å². The molecule has 3 aliphatic rings. The Bertz CT molecular complexity index is 734. The second-order valence-electron chi connectivity index (χ2n) is 8.14. The van der Waals surface area contributed by atoms with Gasteiger partial charge in [0.1, 0.15) is 5.82 Å². The highest BCUT2D eigenvalue weighted by atomic mass is 32.2. The number of likely N-dealkylation sites (tertiary alicyclic amines) is 1. The Morgan fingerprint density at radius 2 is 1.62 bits per heavy atom. The largest absolute Gasteiger partial charge is 0.298 e. The first-order chi connectivity index (χ1) is 12.5. The number of hydrogen-bond donors (Lipinski definition) is 0. The molecule has 0 bridgehead atoms. The van der Waals surface area contributed by atoms with Crippen molar-refractivity contribution in [2.45, 2.75) is 38.6 Å². The Balaban J connectivity index is 1.41.